The van der Waals surface area contributed by atoms with E-state index in [1.807, 2.05) is 42.2 Å². The van der Waals surface area contributed by atoms with E-state index in [2.05, 4.69) is 29.4 Å². The minimum absolute atomic E-state index is 0.0379. The number of carbonyl (C=O) groups is 1. The van der Waals surface area contributed by atoms with Crippen LogP contribution in [-0.4, -0.2) is 48.1 Å². The first-order chi connectivity index (χ1) is 14.0. The van der Waals surface area contributed by atoms with E-state index in [0.29, 0.717) is 31.7 Å². The summed E-state index contributed by atoms with van der Waals surface area (Å²) in [5.74, 6) is 0.0379. The molecule has 2 aromatic carbocycles. The van der Waals surface area contributed by atoms with Gasteiger partial charge in [-0.05, 0) is 42.5 Å². The zero-order valence-electron chi connectivity index (χ0n) is 16.7. The number of hydrogen-bond acceptors (Lipinski definition) is 4. The van der Waals surface area contributed by atoms with Gasteiger partial charge in [-0.3, -0.25) is 9.59 Å². The number of fused-ring (bicyclic) bond motifs is 1. The molecule has 3 aromatic rings. The first-order valence-corrected chi connectivity index (χ1v) is 9.89. The summed E-state index contributed by atoms with van der Waals surface area (Å²) in [6.45, 7) is 6.28. The number of hydrogen-bond donors (Lipinski definition) is 2. The normalized spacial score (nSPS) is 15.3. The Morgan fingerprint density at radius 2 is 1.86 bits per heavy atom. The molecular formula is C23H25N3O3. The lowest BCUT2D eigenvalue weighted by Gasteiger charge is -2.29. The molecule has 1 atom stereocenters. The van der Waals surface area contributed by atoms with Gasteiger partial charge in [0, 0.05) is 35.9 Å². The lowest BCUT2D eigenvalue weighted by atomic mass is 9.97. The number of aromatic nitrogens is 1. The van der Waals surface area contributed by atoms with E-state index >= 15 is 0 Å². The lowest BCUT2D eigenvalue weighted by molar-refractivity contribution is -0.135. The maximum Gasteiger partial charge on any atom is 0.255 e. The van der Waals surface area contributed by atoms with Gasteiger partial charge in [0.25, 0.3) is 5.56 Å². The van der Waals surface area contributed by atoms with Crippen LogP contribution in [0.3, 0.4) is 0 Å². The molecule has 1 aliphatic rings. The smallest absolute Gasteiger partial charge is 0.255 e. The van der Waals surface area contributed by atoms with E-state index in [1.165, 1.54) is 0 Å². The Morgan fingerprint density at radius 1 is 1.10 bits per heavy atom. The molecule has 150 valence electrons. The van der Waals surface area contributed by atoms with Crippen LogP contribution in [0.4, 0.5) is 5.69 Å². The number of benzene rings is 2. The Balaban J connectivity index is 1.64. The SMILES string of the molecule is Cc1ccccc1-c1c[nH]c(=O)c2cc(NC(C)C(=O)N3CCOCC3)ccc12. The van der Waals surface area contributed by atoms with Crippen molar-refractivity contribution >= 4 is 22.4 Å². The number of amides is 1. The Morgan fingerprint density at radius 3 is 2.62 bits per heavy atom. The van der Waals surface area contributed by atoms with Gasteiger partial charge in [-0.1, -0.05) is 30.3 Å². The number of rotatable bonds is 4. The molecule has 1 amide bonds. The zero-order chi connectivity index (χ0) is 20.4. The van der Waals surface area contributed by atoms with Gasteiger partial charge >= 0.3 is 0 Å². The topological polar surface area (TPSA) is 74.4 Å². The first kappa shape index (κ1) is 19.2. The first-order valence-electron chi connectivity index (χ1n) is 9.89. The van der Waals surface area contributed by atoms with E-state index in [-0.39, 0.29) is 17.5 Å². The Kier molecular flexibility index (Phi) is 5.36. The fourth-order valence-corrected chi connectivity index (χ4v) is 3.82. The highest BCUT2D eigenvalue weighted by Crippen LogP contribution is 2.30. The van der Waals surface area contributed by atoms with E-state index in [4.69, 9.17) is 4.74 Å². The van der Waals surface area contributed by atoms with E-state index < -0.39 is 0 Å². The van der Waals surface area contributed by atoms with E-state index in [1.54, 1.807) is 6.20 Å². The number of ether oxygens (including phenoxy) is 1. The minimum atomic E-state index is -0.385. The number of aromatic amines is 1. The van der Waals surface area contributed by atoms with Crippen LogP contribution in [0.5, 0.6) is 0 Å². The lowest BCUT2D eigenvalue weighted by Crippen LogP contribution is -2.47. The molecule has 6 heteroatoms. The van der Waals surface area contributed by atoms with Gasteiger partial charge in [0.15, 0.2) is 0 Å². The van der Waals surface area contributed by atoms with E-state index in [0.717, 1.165) is 27.8 Å². The van der Waals surface area contributed by atoms with E-state index in [9.17, 15) is 9.59 Å². The largest absolute Gasteiger partial charge is 0.378 e. The molecule has 1 saturated heterocycles. The molecule has 1 aliphatic heterocycles. The standard InChI is InChI=1S/C23H25N3O3/c1-15-5-3-4-6-18(15)21-14-24-22(27)20-13-17(7-8-19(20)21)25-16(2)23(28)26-9-11-29-12-10-26/h3-8,13-14,16,25H,9-12H2,1-2H3,(H,24,27). The molecule has 1 fully saturated rings. The number of nitrogens with one attached hydrogen (secondary N) is 2. The summed E-state index contributed by atoms with van der Waals surface area (Å²) in [6.07, 6.45) is 1.77. The van der Waals surface area contributed by atoms with Crippen LogP contribution in [-0.2, 0) is 9.53 Å². The van der Waals surface area contributed by atoms with Gasteiger partial charge in [-0.15, -0.1) is 0 Å². The molecule has 4 rings (SSSR count). The van der Waals surface area contributed by atoms with Crippen molar-refractivity contribution in [2.45, 2.75) is 19.9 Å². The Labute approximate surface area is 169 Å². The number of nitrogens with zero attached hydrogens (tertiary/aromatic N) is 1. The number of aryl methyl sites for hydroxylation is 1. The van der Waals surface area contributed by atoms with Gasteiger partial charge in [-0.2, -0.15) is 0 Å². The quantitative estimate of drug-likeness (QED) is 0.716. The Hall–Kier alpha value is -3.12. The number of H-pyrrole nitrogens is 1. The van der Waals surface area contributed by atoms with Gasteiger partial charge in [0.1, 0.15) is 6.04 Å². The molecule has 2 heterocycles. The second-order valence-corrected chi connectivity index (χ2v) is 7.41. The number of carbonyl (C=O) groups excluding carboxylic acids is 1. The maximum absolute atomic E-state index is 12.6. The average molecular weight is 391 g/mol. The third-order valence-electron chi connectivity index (χ3n) is 5.41. The number of pyridine rings is 1. The van der Waals surface area contributed by atoms with Gasteiger partial charge in [0.05, 0.1) is 13.2 Å². The fraction of sp³-hybridized carbons (Fsp3) is 0.304. The molecule has 0 aliphatic carbocycles. The Bertz CT molecular complexity index is 1100. The summed E-state index contributed by atoms with van der Waals surface area (Å²) in [4.78, 5) is 29.8. The highest BCUT2D eigenvalue weighted by atomic mass is 16.5. The van der Waals surface area contributed by atoms with Crippen LogP contribution >= 0.6 is 0 Å². The molecule has 1 unspecified atom stereocenters. The van der Waals surface area contributed by atoms with Crippen LogP contribution in [0.15, 0.2) is 53.5 Å². The molecule has 6 nitrogen and oxygen atoms in total. The van der Waals surface area contributed by atoms with Crippen molar-refractivity contribution in [2.75, 3.05) is 31.6 Å². The number of anilines is 1. The van der Waals surface area contributed by atoms with Crippen molar-refractivity contribution in [1.29, 1.82) is 0 Å². The highest BCUT2D eigenvalue weighted by molar-refractivity contribution is 5.98. The van der Waals surface area contributed by atoms with Crippen molar-refractivity contribution in [2.24, 2.45) is 0 Å². The van der Waals surface area contributed by atoms with Crippen molar-refractivity contribution < 1.29 is 9.53 Å². The summed E-state index contributed by atoms with van der Waals surface area (Å²) >= 11 is 0. The zero-order valence-corrected chi connectivity index (χ0v) is 16.7. The molecule has 0 radical (unpaired) electrons. The highest BCUT2D eigenvalue weighted by Gasteiger charge is 2.22. The number of morpholine rings is 1. The van der Waals surface area contributed by atoms with Crippen molar-refractivity contribution in [3.8, 4) is 11.1 Å². The second-order valence-electron chi connectivity index (χ2n) is 7.41. The van der Waals surface area contributed by atoms with Crippen LogP contribution in [0.2, 0.25) is 0 Å². The molecule has 2 N–H and O–H groups in total. The van der Waals surface area contributed by atoms with Crippen molar-refractivity contribution in [3.63, 3.8) is 0 Å². The summed E-state index contributed by atoms with van der Waals surface area (Å²) in [7, 11) is 0. The second kappa shape index (κ2) is 8.09. The molecular weight excluding hydrogens is 366 g/mol. The minimum Gasteiger partial charge on any atom is -0.378 e. The van der Waals surface area contributed by atoms with Crippen LogP contribution in [0, 0.1) is 6.92 Å². The average Bonchev–Trinajstić information content (AvgIpc) is 2.75. The molecule has 1 aromatic heterocycles. The third-order valence-corrected chi connectivity index (χ3v) is 5.41. The van der Waals surface area contributed by atoms with Crippen LogP contribution in [0.25, 0.3) is 21.9 Å². The predicted octanol–water partition coefficient (Wildman–Crippen LogP) is 3.16. The fourth-order valence-electron chi connectivity index (χ4n) is 3.82. The summed E-state index contributed by atoms with van der Waals surface area (Å²) in [5.41, 5.74) is 3.83. The van der Waals surface area contributed by atoms with Crippen molar-refractivity contribution in [1.82, 2.24) is 9.88 Å². The predicted molar refractivity (Wildman–Crippen MR) is 115 cm³/mol. The summed E-state index contributed by atoms with van der Waals surface area (Å²) in [6, 6.07) is 13.4. The molecule has 0 spiro atoms. The van der Waals surface area contributed by atoms with Gasteiger partial charge < -0.3 is 19.9 Å². The van der Waals surface area contributed by atoms with Gasteiger partial charge in [-0.25, -0.2) is 0 Å². The van der Waals surface area contributed by atoms with Crippen molar-refractivity contribution in [3.05, 3.63) is 64.6 Å². The van der Waals surface area contributed by atoms with Crippen LogP contribution in [0.1, 0.15) is 12.5 Å². The van der Waals surface area contributed by atoms with Crippen LogP contribution < -0.4 is 10.9 Å². The third kappa shape index (κ3) is 3.89. The summed E-state index contributed by atoms with van der Waals surface area (Å²) < 4.78 is 5.31. The molecule has 0 saturated carbocycles. The molecule has 0 bridgehead atoms. The maximum atomic E-state index is 12.6. The van der Waals surface area contributed by atoms with Gasteiger partial charge in [0.2, 0.25) is 5.91 Å². The monoisotopic (exact) mass is 391 g/mol. The summed E-state index contributed by atoms with van der Waals surface area (Å²) in [5, 5.41) is 4.73. The molecule has 29 heavy (non-hydrogen) atoms.